The summed E-state index contributed by atoms with van der Waals surface area (Å²) in [4.78, 5) is 31.3. The zero-order valence-corrected chi connectivity index (χ0v) is 12.2. The maximum absolute atomic E-state index is 11.8. The van der Waals surface area contributed by atoms with Crippen molar-refractivity contribution in [2.24, 2.45) is 0 Å². The van der Waals surface area contributed by atoms with Crippen molar-refractivity contribution in [1.29, 1.82) is 0 Å². The molecule has 0 aliphatic carbocycles. The lowest BCUT2D eigenvalue weighted by molar-refractivity contribution is -0.228. The van der Waals surface area contributed by atoms with Crippen molar-refractivity contribution in [2.75, 3.05) is 6.61 Å². The molecule has 5 nitrogen and oxygen atoms in total. The molecule has 0 saturated carbocycles. The summed E-state index contributed by atoms with van der Waals surface area (Å²) in [6.45, 7) is 5.86. The Bertz CT molecular complexity index is 481. The quantitative estimate of drug-likeness (QED) is 0.318. The predicted molar refractivity (Wildman–Crippen MR) is 77.8 cm³/mol. The molecule has 0 bridgehead atoms. The van der Waals surface area contributed by atoms with Gasteiger partial charge in [0.15, 0.2) is 0 Å². The third-order valence-electron chi connectivity index (χ3n) is 2.73. The number of benzene rings is 1. The molecule has 5 heteroatoms. The number of hydrogen-bond donors (Lipinski definition) is 0. The van der Waals surface area contributed by atoms with Gasteiger partial charge in [-0.05, 0) is 18.6 Å². The second kappa shape index (κ2) is 9.58. The molecular formula is C16H20O5. The zero-order chi connectivity index (χ0) is 15.5. The van der Waals surface area contributed by atoms with Gasteiger partial charge in [-0.25, -0.2) is 19.4 Å². The van der Waals surface area contributed by atoms with Crippen LogP contribution in [0.3, 0.4) is 0 Å². The fourth-order valence-corrected chi connectivity index (χ4v) is 1.63. The summed E-state index contributed by atoms with van der Waals surface area (Å²) in [5.41, 5.74) is 0.213. The number of unbranched alkanes of at least 4 members (excludes halogenated alkanes) is 3. The lowest BCUT2D eigenvalue weighted by Gasteiger charge is -2.09. The maximum atomic E-state index is 11.8. The van der Waals surface area contributed by atoms with Gasteiger partial charge in [0.2, 0.25) is 0 Å². The first kappa shape index (κ1) is 16.8. The van der Waals surface area contributed by atoms with Crippen molar-refractivity contribution in [3.8, 4) is 5.75 Å². The van der Waals surface area contributed by atoms with E-state index in [0.717, 1.165) is 31.8 Å². The third-order valence-corrected chi connectivity index (χ3v) is 2.73. The molecule has 0 N–H and O–H groups in total. The van der Waals surface area contributed by atoms with E-state index in [4.69, 9.17) is 4.74 Å². The number of rotatable bonds is 8. The van der Waals surface area contributed by atoms with Gasteiger partial charge < -0.3 is 4.74 Å². The molecule has 21 heavy (non-hydrogen) atoms. The van der Waals surface area contributed by atoms with E-state index in [1.807, 2.05) is 0 Å². The van der Waals surface area contributed by atoms with Crippen LogP contribution < -0.4 is 4.74 Å². The maximum Gasteiger partial charge on any atom is 0.390 e. The lowest BCUT2D eigenvalue weighted by atomic mass is 10.2. The first-order chi connectivity index (χ1) is 10.2. The van der Waals surface area contributed by atoms with Gasteiger partial charge in [0, 0.05) is 6.08 Å². The van der Waals surface area contributed by atoms with Gasteiger partial charge in [0.1, 0.15) is 11.3 Å². The fourth-order valence-electron chi connectivity index (χ4n) is 1.63. The highest BCUT2D eigenvalue weighted by Crippen LogP contribution is 2.19. The summed E-state index contributed by atoms with van der Waals surface area (Å²) in [6, 6.07) is 6.65. The van der Waals surface area contributed by atoms with Crippen LogP contribution in [-0.4, -0.2) is 18.5 Å². The second-order valence-corrected chi connectivity index (χ2v) is 4.38. The van der Waals surface area contributed by atoms with E-state index in [9.17, 15) is 9.59 Å². The molecule has 0 aliphatic rings. The highest BCUT2D eigenvalue weighted by atomic mass is 17.2. The Labute approximate surface area is 124 Å². The number of ether oxygens (including phenoxy) is 1. The molecule has 0 spiro atoms. The lowest BCUT2D eigenvalue weighted by Crippen LogP contribution is -2.11. The monoisotopic (exact) mass is 292 g/mol. The van der Waals surface area contributed by atoms with E-state index in [1.165, 1.54) is 0 Å². The molecule has 0 fully saturated rings. The van der Waals surface area contributed by atoms with E-state index < -0.39 is 11.9 Å². The van der Waals surface area contributed by atoms with E-state index in [1.54, 1.807) is 24.3 Å². The highest BCUT2D eigenvalue weighted by molar-refractivity contribution is 5.92. The Morgan fingerprint density at radius 2 is 1.90 bits per heavy atom. The second-order valence-electron chi connectivity index (χ2n) is 4.38. The molecule has 0 aliphatic heterocycles. The molecule has 114 valence electrons. The zero-order valence-electron chi connectivity index (χ0n) is 12.2. The minimum atomic E-state index is -0.832. The standard InChI is InChI=1S/C16H20O5/c1-3-5-6-9-12-19-14-11-8-7-10-13(14)16(18)21-20-15(17)4-2/h4,7-8,10-11H,2-3,5-6,9,12H2,1H3. The molecule has 0 unspecified atom stereocenters. The average molecular weight is 292 g/mol. The van der Waals surface area contributed by atoms with E-state index in [2.05, 4.69) is 23.3 Å². The van der Waals surface area contributed by atoms with Crippen LogP contribution in [0.25, 0.3) is 0 Å². The van der Waals surface area contributed by atoms with Crippen LogP contribution in [0, 0.1) is 0 Å². The Hall–Kier alpha value is -2.30. The van der Waals surface area contributed by atoms with Gasteiger partial charge >= 0.3 is 11.9 Å². The molecule has 0 atom stereocenters. The average Bonchev–Trinajstić information content (AvgIpc) is 2.52. The number of carbonyl (C=O) groups is 2. The summed E-state index contributed by atoms with van der Waals surface area (Å²) in [5.74, 6) is -1.20. The normalized spacial score (nSPS) is 9.76. The number of hydrogen-bond acceptors (Lipinski definition) is 5. The minimum absolute atomic E-state index is 0.213. The molecular weight excluding hydrogens is 272 g/mol. The Kier molecular flexibility index (Phi) is 7.64. The topological polar surface area (TPSA) is 61.8 Å². The van der Waals surface area contributed by atoms with Crippen LogP contribution in [0.15, 0.2) is 36.9 Å². The number of para-hydroxylation sites is 1. The molecule has 1 rings (SSSR count). The van der Waals surface area contributed by atoms with Gasteiger partial charge in [-0.1, -0.05) is 44.9 Å². The smallest absolute Gasteiger partial charge is 0.390 e. The van der Waals surface area contributed by atoms with Gasteiger partial charge in [0.05, 0.1) is 6.61 Å². The van der Waals surface area contributed by atoms with Crippen molar-refractivity contribution in [1.82, 2.24) is 0 Å². The van der Waals surface area contributed by atoms with E-state index in [0.29, 0.717) is 12.4 Å². The third kappa shape index (κ3) is 6.12. The molecule has 0 radical (unpaired) electrons. The molecule has 0 amide bonds. The fraction of sp³-hybridized carbons (Fsp3) is 0.375. The van der Waals surface area contributed by atoms with Crippen LogP contribution in [0.2, 0.25) is 0 Å². The predicted octanol–water partition coefficient (Wildman–Crippen LogP) is 3.45. The van der Waals surface area contributed by atoms with Crippen LogP contribution in [-0.2, 0) is 14.6 Å². The van der Waals surface area contributed by atoms with Crippen LogP contribution in [0.4, 0.5) is 0 Å². The SMILES string of the molecule is C=CC(=O)OOC(=O)c1ccccc1OCCCCCC. The Morgan fingerprint density at radius 3 is 2.62 bits per heavy atom. The van der Waals surface area contributed by atoms with E-state index >= 15 is 0 Å². The molecule has 1 aromatic rings. The van der Waals surface area contributed by atoms with Gasteiger partial charge in [-0.2, -0.15) is 0 Å². The first-order valence-electron chi connectivity index (χ1n) is 6.96. The van der Waals surface area contributed by atoms with Crippen molar-refractivity contribution >= 4 is 11.9 Å². The minimum Gasteiger partial charge on any atom is -0.493 e. The first-order valence-corrected chi connectivity index (χ1v) is 6.96. The molecule has 0 saturated heterocycles. The molecule has 1 aromatic carbocycles. The molecule has 0 aromatic heterocycles. The van der Waals surface area contributed by atoms with Gasteiger partial charge in [-0.3, -0.25) is 0 Å². The summed E-state index contributed by atoms with van der Waals surface area (Å²) < 4.78 is 5.58. The van der Waals surface area contributed by atoms with Crippen LogP contribution >= 0.6 is 0 Å². The van der Waals surface area contributed by atoms with Gasteiger partial charge in [0.25, 0.3) is 0 Å². The summed E-state index contributed by atoms with van der Waals surface area (Å²) in [5, 5.41) is 0. The van der Waals surface area contributed by atoms with Gasteiger partial charge in [-0.15, -0.1) is 0 Å². The van der Waals surface area contributed by atoms with E-state index in [-0.39, 0.29) is 5.56 Å². The van der Waals surface area contributed by atoms with Crippen molar-refractivity contribution < 1.29 is 24.1 Å². The van der Waals surface area contributed by atoms with Crippen molar-refractivity contribution in [3.05, 3.63) is 42.5 Å². The largest absolute Gasteiger partial charge is 0.493 e. The van der Waals surface area contributed by atoms with Crippen LogP contribution in [0.5, 0.6) is 5.75 Å². The Morgan fingerprint density at radius 1 is 1.14 bits per heavy atom. The van der Waals surface area contributed by atoms with Crippen molar-refractivity contribution in [3.63, 3.8) is 0 Å². The summed E-state index contributed by atoms with van der Waals surface area (Å²) in [7, 11) is 0. The molecule has 0 heterocycles. The van der Waals surface area contributed by atoms with Crippen molar-refractivity contribution in [2.45, 2.75) is 32.6 Å². The van der Waals surface area contributed by atoms with Crippen LogP contribution in [0.1, 0.15) is 43.0 Å². The highest BCUT2D eigenvalue weighted by Gasteiger charge is 2.16. The Balaban J connectivity index is 2.55. The summed E-state index contributed by atoms with van der Waals surface area (Å²) >= 11 is 0. The number of carbonyl (C=O) groups excluding carboxylic acids is 2. The summed E-state index contributed by atoms with van der Waals surface area (Å²) in [6.07, 6.45) is 5.22.